The van der Waals surface area contributed by atoms with Gasteiger partial charge in [-0.1, -0.05) is 12.1 Å². The molecule has 0 amide bonds. The first-order valence-corrected chi connectivity index (χ1v) is 5.79. The van der Waals surface area contributed by atoms with Gasteiger partial charge in [0, 0.05) is 17.4 Å². The Hall–Kier alpha value is -2.63. The van der Waals surface area contributed by atoms with Crippen LogP contribution in [0, 0.1) is 6.92 Å². The van der Waals surface area contributed by atoms with E-state index in [1.54, 1.807) is 6.92 Å². The van der Waals surface area contributed by atoms with E-state index in [4.69, 9.17) is 5.73 Å². The Morgan fingerprint density at radius 1 is 1.42 bits per heavy atom. The number of nitrogens with one attached hydrogen (secondary N) is 2. The van der Waals surface area contributed by atoms with Crippen LogP contribution >= 0.6 is 0 Å². The maximum Gasteiger partial charge on any atom is 0.252 e. The zero-order valence-corrected chi connectivity index (χ0v) is 10.8. The zero-order valence-electron chi connectivity index (χ0n) is 10.8. The molecule has 1 aromatic heterocycles. The van der Waals surface area contributed by atoms with E-state index in [2.05, 4.69) is 20.5 Å². The second-order valence-corrected chi connectivity index (χ2v) is 4.17. The normalized spacial score (nSPS) is 11.4. The summed E-state index contributed by atoms with van der Waals surface area (Å²) in [7, 11) is 0. The first-order chi connectivity index (χ1) is 9.04. The Morgan fingerprint density at radius 3 is 2.89 bits per heavy atom. The van der Waals surface area contributed by atoms with Crippen LogP contribution < -0.4 is 16.7 Å². The van der Waals surface area contributed by atoms with Gasteiger partial charge in [-0.3, -0.25) is 9.78 Å². The van der Waals surface area contributed by atoms with Crippen LogP contribution in [0.5, 0.6) is 0 Å². The van der Waals surface area contributed by atoms with Gasteiger partial charge in [0.25, 0.3) is 5.56 Å². The molecular formula is C13H15N5O. The summed E-state index contributed by atoms with van der Waals surface area (Å²) in [6.45, 7) is 3.59. The molecule has 0 bridgehead atoms. The Balaban J connectivity index is 2.20. The van der Waals surface area contributed by atoms with Gasteiger partial charge in [-0.25, -0.2) is 10.4 Å². The van der Waals surface area contributed by atoms with E-state index in [0.717, 1.165) is 11.3 Å². The van der Waals surface area contributed by atoms with Gasteiger partial charge in [-0.05, 0) is 31.5 Å². The number of aryl methyl sites for hydroxylation is 1. The predicted molar refractivity (Wildman–Crippen MR) is 76.3 cm³/mol. The van der Waals surface area contributed by atoms with Crippen LogP contribution in [0.1, 0.15) is 18.2 Å². The molecule has 98 valence electrons. The molecule has 0 radical (unpaired) electrons. The van der Waals surface area contributed by atoms with Crippen molar-refractivity contribution in [3.63, 3.8) is 0 Å². The van der Waals surface area contributed by atoms with E-state index in [9.17, 15) is 4.79 Å². The van der Waals surface area contributed by atoms with Crippen molar-refractivity contribution in [2.75, 3.05) is 11.2 Å². The Kier molecular flexibility index (Phi) is 3.61. The number of H-pyrrole nitrogens is 1. The van der Waals surface area contributed by atoms with Gasteiger partial charge in [0.1, 0.15) is 0 Å². The number of nitrogens with zero attached hydrogens (tertiary/aromatic N) is 2. The van der Waals surface area contributed by atoms with Crippen LogP contribution in [0.25, 0.3) is 0 Å². The Bertz CT molecular complexity index is 675. The monoisotopic (exact) mass is 257 g/mol. The molecule has 0 aliphatic heterocycles. The van der Waals surface area contributed by atoms with Gasteiger partial charge in [0.2, 0.25) is 5.95 Å². The summed E-state index contributed by atoms with van der Waals surface area (Å²) in [5.41, 5.74) is 11.2. The highest BCUT2D eigenvalue weighted by atomic mass is 16.1. The minimum Gasteiger partial charge on any atom is -0.399 e. The third-order valence-electron chi connectivity index (χ3n) is 2.50. The molecule has 19 heavy (non-hydrogen) atoms. The van der Waals surface area contributed by atoms with Crippen LogP contribution in [0.15, 0.2) is 40.2 Å². The summed E-state index contributed by atoms with van der Waals surface area (Å²) in [5.74, 6) is 0.313. The number of nitrogens with two attached hydrogens (primary N) is 1. The third kappa shape index (κ3) is 3.41. The quantitative estimate of drug-likeness (QED) is 0.441. The van der Waals surface area contributed by atoms with Gasteiger partial charge in [0.05, 0.1) is 5.71 Å². The van der Waals surface area contributed by atoms with Crippen molar-refractivity contribution in [1.82, 2.24) is 9.97 Å². The Labute approximate surface area is 110 Å². The summed E-state index contributed by atoms with van der Waals surface area (Å²) in [4.78, 5) is 17.9. The number of anilines is 2. The van der Waals surface area contributed by atoms with Crippen LogP contribution in [-0.2, 0) is 0 Å². The van der Waals surface area contributed by atoms with Crippen molar-refractivity contribution < 1.29 is 0 Å². The molecule has 2 rings (SSSR count). The lowest BCUT2D eigenvalue weighted by Crippen LogP contribution is -2.11. The molecule has 0 aliphatic carbocycles. The molecule has 1 heterocycles. The van der Waals surface area contributed by atoms with Crippen molar-refractivity contribution >= 4 is 17.3 Å². The number of hydrogen-bond donors (Lipinski definition) is 3. The fourth-order valence-electron chi connectivity index (χ4n) is 1.60. The molecular weight excluding hydrogens is 242 g/mol. The summed E-state index contributed by atoms with van der Waals surface area (Å²) in [6.07, 6.45) is 0. The van der Waals surface area contributed by atoms with E-state index in [0.29, 0.717) is 17.3 Å². The molecule has 0 atom stereocenters. The molecule has 0 fully saturated rings. The molecule has 6 nitrogen and oxygen atoms in total. The number of hydrogen-bond acceptors (Lipinski definition) is 5. The zero-order chi connectivity index (χ0) is 13.8. The third-order valence-corrected chi connectivity index (χ3v) is 2.50. The summed E-state index contributed by atoms with van der Waals surface area (Å²) < 4.78 is 0. The van der Waals surface area contributed by atoms with Gasteiger partial charge in [0.15, 0.2) is 0 Å². The lowest BCUT2D eigenvalue weighted by molar-refractivity contribution is 1.04. The Morgan fingerprint density at radius 2 is 2.21 bits per heavy atom. The van der Waals surface area contributed by atoms with Crippen molar-refractivity contribution in [3.05, 3.63) is 51.9 Å². The first kappa shape index (κ1) is 12.8. The van der Waals surface area contributed by atoms with Gasteiger partial charge in [-0.2, -0.15) is 5.10 Å². The maximum atomic E-state index is 11.3. The number of hydrazone groups is 1. The van der Waals surface area contributed by atoms with Gasteiger partial charge >= 0.3 is 0 Å². The minimum absolute atomic E-state index is 0.216. The second kappa shape index (κ2) is 5.34. The topological polar surface area (TPSA) is 96.2 Å². The highest BCUT2D eigenvalue weighted by Crippen LogP contribution is 2.08. The van der Waals surface area contributed by atoms with E-state index in [1.807, 2.05) is 31.2 Å². The molecule has 4 N–H and O–H groups in total. The van der Waals surface area contributed by atoms with Crippen LogP contribution in [-0.4, -0.2) is 15.7 Å². The standard InChI is InChI=1S/C13H15N5O/c1-8-6-12(19)16-13(15-8)18-17-9(2)10-4-3-5-11(14)7-10/h3-7H,14H2,1-2H3,(H2,15,16,18,19). The molecule has 0 spiro atoms. The second-order valence-electron chi connectivity index (χ2n) is 4.17. The fourth-order valence-corrected chi connectivity index (χ4v) is 1.60. The molecule has 6 heteroatoms. The molecule has 0 saturated carbocycles. The number of aromatic nitrogens is 2. The van der Waals surface area contributed by atoms with Gasteiger partial charge in [-0.15, -0.1) is 0 Å². The number of rotatable bonds is 3. The lowest BCUT2D eigenvalue weighted by Gasteiger charge is -2.04. The van der Waals surface area contributed by atoms with Crippen molar-refractivity contribution in [1.29, 1.82) is 0 Å². The molecule has 0 aliphatic rings. The predicted octanol–water partition coefficient (Wildman–Crippen LogP) is 1.50. The fraction of sp³-hybridized carbons (Fsp3) is 0.154. The SMILES string of the molecule is CC(=NNc1nc(C)cc(=O)[nH]1)c1cccc(N)c1. The average molecular weight is 257 g/mol. The molecule has 0 saturated heterocycles. The lowest BCUT2D eigenvalue weighted by atomic mass is 10.1. The summed E-state index contributed by atoms with van der Waals surface area (Å²) in [6, 6.07) is 8.82. The molecule has 2 aromatic rings. The smallest absolute Gasteiger partial charge is 0.252 e. The van der Waals surface area contributed by atoms with Crippen molar-refractivity contribution in [2.24, 2.45) is 5.10 Å². The highest BCUT2D eigenvalue weighted by molar-refractivity contribution is 5.99. The summed E-state index contributed by atoms with van der Waals surface area (Å²) >= 11 is 0. The number of aromatic amines is 1. The highest BCUT2D eigenvalue weighted by Gasteiger charge is 1.99. The van der Waals surface area contributed by atoms with Crippen LogP contribution in [0.2, 0.25) is 0 Å². The van der Waals surface area contributed by atoms with Crippen LogP contribution in [0.3, 0.4) is 0 Å². The minimum atomic E-state index is -0.216. The van der Waals surface area contributed by atoms with E-state index >= 15 is 0 Å². The molecule has 1 aromatic carbocycles. The first-order valence-electron chi connectivity index (χ1n) is 5.79. The number of nitrogen functional groups attached to an aromatic ring is 1. The molecule has 0 unspecified atom stereocenters. The van der Waals surface area contributed by atoms with Gasteiger partial charge < -0.3 is 5.73 Å². The summed E-state index contributed by atoms with van der Waals surface area (Å²) in [5, 5.41) is 4.17. The largest absolute Gasteiger partial charge is 0.399 e. The van der Waals surface area contributed by atoms with Crippen LogP contribution in [0.4, 0.5) is 11.6 Å². The maximum absolute atomic E-state index is 11.3. The average Bonchev–Trinajstić information content (AvgIpc) is 2.35. The van der Waals surface area contributed by atoms with E-state index in [-0.39, 0.29) is 5.56 Å². The number of benzene rings is 1. The van der Waals surface area contributed by atoms with Crippen molar-refractivity contribution in [2.45, 2.75) is 13.8 Å². The van der Waals surface area contributed by atoms with E-state index < -0.39 is 0 Å². The van der Waals surface area contributed by atoms with E-state index in [1.165, 1.54) is 6.07 Å². The van der Waals surface area contributed by atoms with Crippen molar-refractivity contribution in [3.8, 4) is 0 Å².